The Hall–Kier alpha value is -1.95. The molecule has 0 atom stereocenters. The number of hydrogen-bond acceptors (Lipinski definition) is 5. The Morgan fingerprint density at radius 2 is 1.83 bits per heavy atom. The van der Waals surface area contributed by atoms with Crippen LogP contribution in [0.3, 0.4) is 0 Å². The summed E-state index contributed by atoms with van der Waals surface area (Å²) in [6.45, 7) is 11.0. The van der Waals surface area contributed by atoms with Gasteiger partial charge in [0.15, 0.2) is 0 Å². The van der Waals surface area contributed by atoms with Gasteiger partial charge in [0.2, 0.25) is 0 Å². The van der Waals surface area contributed by atoms with E-state index >= 15 is 0 Å². The lowest BCUT2D eigenvalue weighted by atomic mass is 9.97. The summed E-state index contributed by atoms with van der Waals surface area (Å²) in [6.07, 6.45) is 2.27. The zero-order valence-corrected chi connectivity index (χ0v) is 14.5. The monoisotopic (exact) mass is 314 g/mol. The van der Waals surface area contributed by atoms with E-state index in [0.29, 0.717) is 11.9 Å². The summed E-state index contributed by atoms with van der Waals surface area (Å²) in [4.78, 5) is 11.8. The van der Waals surface area contributed by atoms with E-state index in [4.69, 9.17) is 10.7 Å². The van der Waals surface area contributed by atoms with Crippen molar-refractivity contribution in [3.8, 4) is 5.95 Å². The third-order valence-electron chi connectivity index (χ3n) is 4.80. The molecule has 0 unspecified atom stereocenters. The van der Waals surface area contributed by atoms with E-state index in [0.717, 1.165) is 60.9 Å². The molecule has 3 rings (SSSR count). The first-order chi connectivity index (χ1) is 11.0. The lowest BCUT2D eigenvalue weighted by molar-refractivity contribution is 0.412. The van der Waals surface area contributed by atoms with E-state index in [1.54, 1.807) is 0 Å². The fourth-order valence-electron chi connectivity index (χ4n) is 3.21. The van der Waals surface area contributed by atoms with Crippen LogP contribution in [0.25, 0.3) is 5.95 Å². The third-order valence-corrected chi connectivity index (χ3v) is 4.80. The normalized spacial score (nSPS) is 16.1. The van der Waals surface area contributed by atoms with E-state index in [9.17, 15) is 0 Å². The molecule has 0 aliphatic carbocycles. The number of piperidine rings is 1. The maximum Gasteiger partial charge on any atom is 0.252 e. The first-order valence-corrected chi connectivity index (χ1v) is 8.33. The van der Waals surface area contributed by atoms with Gasteiger partial charge in [-0.15, -0.1) is 0 Å². The number of hydrogen-bond donors (Lipinski definition) is 1. The molecule has 2 aromatic rings. The van der Waals surface area contributed by atoms with Crippen LogP contribution < -0.4 is 10.6 Å². The van der Waals surface area contributed by atoms with Crippen LogP contribution in [0.1, 0.15) is 35.5 Å². The molecule has 2 aromatic heterocycles. The molecule has 3 heterocycles. The van der Waals surface area contributed by atoms with Gasteiger partial charge in [0.1, 0.15) is 5.82 Å². The molecule has 2 N–H and O–H groups in total. The molecule has 6 heteroatoms. The Bertz CT molecular complexity index is 697. The molecular weight excluding hydrogens is 288 g/mol. The number of nitrogens with two attached hydrogens (primary N) is 1. The Morgan fingerprint density at radius 1 is 1.13 bits per heavy atom. The van der Waals surface area contributed by atoms with Gasteiger partial charge in [0.05, 0.1) is 5.69 Å². The van der Waals surface area contributed by atoms with E-state index in [1.165, 1.54) is 0 Å². The van der Waals surface area contributed by atoms with Crippen LogP contribution in [0.4, 0.5) is 5.82 Å². The molecule has 23 heavy (non-hydrogen) atoms. The van der Waals surface area contributed by atoms with Crippen molar-refractivity contribution in [1.82, 2.24) is 19.7 Å². The smallest absolute Gasteiger partial charge is 0.252 e. The highest BCUT2D eigenvalue weighted by Gasteiger charge is 2.22. The lowest BCUT2D eigenvalue weighted by Crippen LogP contribution is -2.37. The summed E-state index contributed by atoms with van der Waals surface area (Å²) < 4.78 is 1.83. The van der Waals surface area contributed by atoms with Crippen molar-refractivity contribution in [2.24, 2.45) is 11.7 Å². The van der Waals surface area contributed by atoms with Crippen LogP contribution in [0.2, 0.25) is 0 Å². The standard InChI is InChI=1S/C17H26N6/c1-11-9-12(2)23(21-11)17-19-14(4)13(3)16(20-17)22-7-5-15(10-18)6-8-22/h9,15H,5-8,10,18H2,1-4H3. The van der Waals surface area contributed by atoms with Crippen LogP contribution >= 0.6 is 0 Å². The van der Waals surface area contributed by atoms with E-state index < -0.39 is 0 Å². The number of anilines is 1. The van der Waals surface area contributed by atoms with Crippen LogP contribution in [0, 0.1) is 33.6 Å². The minimum absolute atomic E-state index is 0.643. The van der Waals surface area contributed by atoms with Crippen molar-refractivity contribution in [2.75, 3.05) is 24.5 Å². The summed E-state index contributed by atoms with van der Waals surface area (Å²) in [5, 5.41) is 4.52. The highest BCUT2D eigenvalue weighted by molar-refractivity contribution is 5.50. The van der Waals surface area contributed by atoms with Crippen molar-refractivity contribution in [1.29, 1.82) is 0 Å². The minimum Gasteiger partial charge on any atom is -0.356 e. The Balaban J connectivity index is 1.96. The molecule has 6 nitrogen and oxygen atoms in total. The fraction of sp³-hybridized carbons (Fsp3) is 0.588. The molecule has 0 aromatic carbocycles. The van der Waals surface area contributed by atoms with Gasteiger partial charge in [-0.3, -0.25) is 0 Å². The van der Waals surface area contributed by atoms with Gasteiger partial charge in [-0.25, -0.2) is 9.67 Å². The molecule has 1 aliphatic heterocycles. The average Bonchev–Trinajstić information content (AvgIpc) is 2.88. The molecule has 0 bridgehead atoms. The van der Waals surface area contributed by atoms with E-state index in [2.05, 4.69) is 21.9 Å². The Labute approximate surface area is 137 Å². The number of aryl methyl sites for hydroxylation is 3. The van der Waals surface area contributed by atoms with Crippen LogP contribution in [-0.2, 0) is 0 Å². The third kappa shape index (κ3) is 3.08. The molecule has 1 saturated heterocycles. The van der Waals surface area contributed by atoms with Gasteiger partial charge >= 0.3 is 0 Å². The summed E-state index contributed by atoms with van der Waals surface area (Å²) in [5.41, 5.74) is 10.0. The van der Waals surface area contributed by atoms with Crippen LogP contribution in [0.5, 0.6) is 0 Å². The second-order valence-electron chi connectivity index (χ2n) is 6.56. The molecule has 1 fully saturated rings. The molecule has 0 radical (unpaired) electrons. The molecule has 0 spiro atoms. The SMILES string of the molecule is Cc1cc(C)n(-c2nc(C)c(C)c(N3CCC(CN)CC3)n2)n1. The first kappa shape index (κ1) is 15.9. The van der Waals surface area contributed by atoms with E-state index in [1.807, 2.05) is 31.5 Å². The summed E-state index contributed by atoms with van der Waals surface area (Å²) in [7, 11) is 0. The fourth-order valence-corrected chi connectivity index (χ4v) is 3.21. The van der Waals surface area contributed by atoms with Gasteiger partial charge in [-0.05, 0) is 59.1 Å². The predicted octanol–water partition coefficient (Wildman–Crippen LogP) is 2.07. The topological polar surface area (TPSA) is 72.9 Å². The highest BCUT2D eigenvalue weighted by Crippen LogP contribution is 2.26. The van der Waals surface area contributed by atoms with Crippen molar-refractivity contribution in [3.05, 3.63) is 28.7 Å². The first-order valence-electron chi connectivity index (χ1n) is 8.33. The predicted molar refractivity (Wildman–Crippen MR) is 92.1 cm³/mol. The van der Waals surface area contributed by atoms with Crippen LogP contribution in [-0.4, -0.2) is 39.4 Å². The van der Waals surface area contributed by atoms with Gasteiger partial charge in [-0.1, -0.05) is 0 Å². The number of rotatable bonds is 3. The Morgan fingerprint density at radius 3 is 2.39 bits per heavy atom. The van der Waals surface area contributed by atoms with Crippen molar-refractivity contribution in [2.45, 2.75) is 40.5 Å². The quantitative estimate of drug-likeness (QED) is 0.939. The summed E-state index contributed by atoms with van der Waals surface area (Å²) in [5.74, 6) is 2.34. The maximum atomic E-state index is 5.80. The maximum absolute atomic E-state index is 5.80. The second-order valence-corrected chi connectivity index (χ2v) is 6.56. The van der Waals surface area contributed by atoms with Crippen molar-refractivity contribution >= 4 is 5.82 Å². The second kappa shape index (κ2) is 6.28. The minimum atomic E-state index is 0.643. The highest BCUT2D eigenvalue weighted by atomic mass is 15.4. The summed E-state index contributed by atoms with van der Waals surface area (Å²) >= 11 is 0. The Kier molecular flexibility index (Phi) is 4.35. The van der Waals surface area contributed by atoms with E-state index in [-0.39, 0.29) is 0 Å². The zero-order valence-electron chi connectivity index (χ0n) is 14.5. The summed E-state index contributed by atoms with van der Waals surface area (Å²) in [6, 6.07) is 2.05. The largest absolute Gasteiger partial charge is 0.356 e. The van der Waals surface area contributed by atoms with Gasteiger partial charge in [0, 0.05) is 30.0 Å². The molecule has 0 saturated carbocycles. The number of nitrogens with zero attached hydrogens (tertiary/aromatic N) is 5. The zero-order chi connectivity index (χ0) is 16.6. The molecular formula is C17H26N6. The van der Waals surface area contributed by atoms with Crippen molar-refractivity contribution < 1.29 is 0 Å². The molecule has 124 valence electrons. The van der Waals surface area contributed by atoms with Gasteiger partial charge in [0.25, 0.3) is 5.95 Å². The average molecular weight is 314 g/mol. The number of aromatic nitrogens is 4. The van der Waals surface area contributed by atoms with Crippen LogP contribution in [0.15, 0.2) is 6.07 Å². The van der Waals surface area contributed by atoms with Gasteiger partial charge in [-0.2, -0.15) is 10.1 Å². The van der Waals surface area contributed by atoms with Crippen molar-refractivity contribution in [3.63, 3.8) is 0 Å². The molecule has 0 amide bonds. The molecule has 1 aliphatic rings. The lowest BCUT2D eigenvalue weighted by Gasteiger charge is -2.33. The van der Waals surface area contributed by atoms with Gasteiger partial charge < -0.3 is 10.6 Å².